The molecule has 0 radical (unpaired) electrons. The van der Waals surface area contributed by atoms with Crippen LogP contribution in [0.2, 0.25) is 0 Å². The van der Waals surface area contributed by atoms with Crippen LogP contribution in [-0.2, 0) is 14.8 Å². The van der Waals surface area contributed by atoms with Crippen LogP contribution < -0.4 is 10.6 Å². The molecule has 10 heteroatoms. The Kier molecular flexibility index (Phi) is 6.49. The fourth-order valence-electron chi connectivity index (χ4n) is 1.91. The summed E-state index contributed by atoms with van der Waals surface area (Å²) in [6.07, 6.45) is 0.0332. The zero-order valence-corrected chi connectivity index (χ0v) is 15.3. The number of carbonyl (C=O) groups excluding carboxylic acids is 1. The normalized spacial score (nSPS) is 12.1. The van der Waals surface area contributed by atoms with Crippen molar-refractivity contribution in [2.24, 2.45) is 0 Å². The largest absolute Gasteiger partial charge is 0.481 e. The predicted octanol–water partition coefficient (Wildman–Crippen LogP) is 1.84. The van der Waals surface area contributed by atoms with Crippen LogP contribution in [0.5, 0.6) is 0 Å². The molecule has 0 aliphatic heterocycles. The van der Waals surface area contributed by atoms with Crippen molar-refractivity contribution in [3.63, 3.8) is 0 Å². The molecular formula is C15H22FN3O5S. The van der Waals surface area contributed by atoms with Crippen LogP contribution in [0.15, 0.2) is 23.1 Å². The zero-order chi connectivity index (χ0) is 19.4. The quantitative estimate of drug-likeness (QED) is 0.672. The van der Waals surface area contributed by atoms with E-state index in [9.17, 15) is 22.4 Å². The molecule has 25 heavy (non-hydrogen) atoms. The lowest BCUT2D eigenvalue weighted by Gasteiger charge is -2.25. The van der Waals surface area contributed by atoms with E-state index in [1.807, 2.05) is 0 Å². The zero-order valence-electron chi connectivity index (χ0n) is 14.5. The van der Waals surface area contributed by atoms with Crippen LogP contribution in [0.1, 0.15) is 26.7 Å². The van der Waals surface area contributed by atoms with E-state index in [0.717, 1.165) is 22.5 Å². The van der Waals surface area contributed by atoms with Gasteiger partial charge in [0.05, 0.1) is 10.6 Å². The molecule has 0 bridgehead atoms. The lowest BCUT2D eigenvalue weighted by Crippen LogP contribution is -2.45. The molecule has 2 amide bonds. The van der Waals surface area contributed by atoms with Gasteiger partial charge in [0.1, 0.15) is 5.82 Å². The molecule has 0 saturated heterocycles. The molecule has 0 spiro atoms. The third-order valence-electron chi connectivity index (χ3n) is 3.38. The van der Waals surface area contributed by atoms with E-state index < -0.39 is 33.4 Å². The number of carboxylic acids is 1. The predicted molar refractivity (Wildman–Crippen MR) is 90.4 cm³/mol. The summed E-state index contributed by atoms with van der Waals surface area (Å²) in [4.78, 5) is 22.5. The fourth-order valence-corrected chi connectivity index (χ4v) is 2.84. The van der Waals surface area contributed by atoms with Gasteiger partial charge in [0.15, 0.2) is 0 Å². The van der Waals surface area contributed by atoms with Crippen LogP contribution in [0, 0.1) is 5.82 Å². The maximum Gasteiger partial charge on any atom is 0.319 e. The first-order valence-electron chi connectivity index (χ1n) is 7.38. The standard InChI is InChI=1S/C15H22FN3O5S/c1-15(2,8-7-13(20)21)18-14(22)17-12-9-10(5-6-11(12)16)25(23,24)19(3)4/h5-6,9H,7-8H2,1-4H3,(H,20,21)(H2,17,18,22). The Morgan fingerprint density at radius 1 is 1.28 bits per heavy atom. The molecule has 0 atom stereocenters. The molecule has 0 unspecified atom stereocenters. The lowest BCUT2D eigenvalue weighted by atomic mass is 9.99. The number of benzene rings is 1. The Labute approximate surface area is 146 Å². The summed E-state index contributed by atoms with van der Waals surface area (Å²) in [6, 6.07) is 2.30. The van der Waals surface area contributed by atoms with Crippen molar-refractivity contribution >= 4 is 27.7 Å². The highest BCUT2D eigenvalue weighted by molar-refractivity contribution is 7.89. The van der Waals surface area contributed by atoms with Gasteiger partial charge in [-0.1, -0.05) is 0 Å². The summed E-state index contributed by atoms with van der Waals surface area (Å²) < 4.78 is 39.0. The van der Waals surface area contributed by atoms with Gasteiger partial charge in [0.25, 0.3) is 0 Å². The van der Waals surface area contributed by atoms with E-state index in [1.165, 1.54) is 14.1 Å². The van der Waals surface area contributed by atoms with Crippen molar-refractivity contribution in [1.82, 2.24) is 9.62 Å². The van der Waals surface area contributed by atoms with Crippen LogP contribution in [0.3, 0.4) is 0 Å². The number of nitrogens with one attached hydrogen (secondary N) is 2. The Bertz CT molecular complexity index is 762. The molecule has 1 rings (SSSR count). The Morgan fingerprint density at radius 3 is 2.40 bits per heavy atom. The lowest BCUT2D eigenvalue weighted by molar-refractivity contribution is -0.137. The van der Waals surface area contributed by atoms with Crippen LogP contribution >= 0.6 is 0 Å². The number of urea groups is 1. The molecule has 0 fully saturated rings. The summed E-state index contributed by atoms with van der Waals surface area (Å²) >= 11 is 0. The molecule has 8 nitrogen and oxygen atoms in total. The molecule has 3 N–H and O–H groups in total. The van der Waals surface area contributed by atoms with Gasteiger partial charge in [-0.25, -0.2) is 21.9 Å². The third kappa shape index (κ3) is 5.98. The number of carboxylic acid groups (broad SMARTS) is 1. The second-order valence-corrected chi connectivity index (χ2v) is 8.44. The van der Waals surface area contributed by atoms with Crippen molar-refractivity contribution in [2.45, 2.75) is 37.1 Å². The number of rotatable bonds is 7. The van der Waals surface area contributed by atoms with Crippen LogP contribution in [0.4, 0.5) is 14.9 Å². The van der Waals surface area contributed by atoms with E-state index in [4.69, 9.17) is 5.11 Å². The van der Waals surface area contributed by atoms with E-state index >= 15 is 0 Å². The number of carbonyl (C=O) groups is 2. The molecule has 140 valence electrons. The van der Waals surface area contributed by atoms with E-state index in [2.05, 4.69) is 10.6 Å². The molecular weight excluding hydrogens is 353 g/mol. The van der Waals surface area contributed by atoms with Gasteiger partial charge in [-0.2, -0.15) is 0 Å². The van der Waals surface area contributed by atoms with Crippen molar-refractivity contribution < 1.29 is 27.5 Å². The van der Waals surface area contributed by atoms with Gasteiger partial charge in [0, 0.05) is 26.1 Å². The van der Waals surface area contributed by atoms with Gasteiger partial charge < -0.3 is 15.7 Å². The first-order valence-corrected chi connectivity index (χ1v) is 8.82. The second-order valence-electron chi connectivity index (χ2n) is 6.29. The Morgan fingerprint density at radius 2 is 1.88 bits per heavy atom. The second kappa shape index (κ2) is 7.79. The number of hydrogen-bond donors (Lipinski definition) is 3. The van der Waals surface area contributed by atoms with Crippen LogP contribution in [-0.4, -0.2) is 49.5 Å². The van der Waals surface area contributed by atoms with Gasteiger partial charge in [-0.3, -0.25) is 4.79 Å². The molecule has 0 saturated carbocycles. The van der Waals surface area contributed by atoms with Gasteiger partial charge >= 0.3 is 12.0 Å². The molecule has 0 heterocycles. The highest BCUT2D eigenvalue weighted by Gasteiger charge is 2.23. The first-order chi connectivity index (χ1) is 11.3. The smallest absolute Gasteiger partial charge is 0.319 e. The number of nitrogens with zero attached hydrogens (tertiary/aromatic N) is 1. The number of anilines is 1. The van der Waals surface area contributed by atoms with E-state index in [1.54, 1.807) is 13.8 Å². The number of hydrogen-bond acceptors (Lipinski definition) is 4. The van der Waals surface area contributed by atoms with Crippen molar-refractivity contribution in [3.05, 3.63) is 24.0 Å². The number of amides is 2. The average molecular weight is 375 g/mol. The minimum Gasteiger partial charge on any atom is -0.481 e. The van der Waals surface area contributed by atoms with Gasteiger partial charge in [0.2, 0.25) is 10.0 Å². The number of halogens is 1. The molecule has 0 aliphatic carbocycles. The fraction of sp³-hybridized carbons (Fsp3) is 0.467. The highest BCUT2D eigenvalue weighted by Crippen LogP contribution is 2.21. The summed E-state index contributed by atoms with van der Waals surface area (Å²) in [7, 11) is -1.10. The van der Waals surface area contributed by atoms with Gasteiger partial charge in [-0.15, -0.1) is 0 Å². The summed E-state index contributed by atoms with van der Waals surface area (Å²) in [5.41, 5.74) is -1.14. The molecule has 1 aromatic rings. The van der Waals surface area contributed by atoms with Crippen molar-refractivity contribution in [1.29, 1.82) is 0 Å². The summed E-state index contributed by atoms with van der Waals surface area (Å²) in [5, 5.41) is 13.5. The molecule has 0 aromatic heterocycles. The van der Waals surface area contributed by atoms with Crippen molar-refractivity contribution in [2.75, 3.05) is 19.4 Å². The summed E-state index contributed by atoms with van der Waals surface area (Å²) in [5.74, 6) is -1.79. The monoisotopic (exact) mass is 375 g/mol. The maximum atomic E-state index is 13.9. The van der Waals surface area contributed by atoms with Crippen molar-refractivity contribution in [3.8, 4) is 0 Å². The Balaban J connectivity index is 2.92. The van der Waals surface area contributed by atoms with E-state index in [0.29, 0.717) is 0 Å². The summed E-state index contributed by atoms with van der Waals surface area (Å²) in [6.45, 7) is 3.25. The molecule has 0 aliphatic rings. The average Bonchev–Trinajstić information content (AvgIpc) is 2.46. The number of sulfonamides is 1. The molecule has 1 aromatic carbocycles. The topological polar surface area (TPSA) is 116 Å². The third-order valence-corrected chi connectivity index (χ3v) is 5.19. The maximum absolute atomic E-state index is 13.9. The number of aliphatic carboxylic acids is 1. The minimum atomic E-state index is -3.78. The minimum absolute atomic E-state index is 0.141. The van der Waals surface area contributed by atoms with Crippen LogP contribution in [0.25, 0.3) is 0 Å². The highest BCUT2D eigenvalue weighted by atomic mass is 32.2. The SMILES string of the molecule is CN(C)S(=O)(=O)c1ccc(F)c(NC(=O)NC(C)(C)CCC(=O)O)c1. The van der Waals surface area contributed by atoms with Gasteiger partial charge in [-0.05, 0) is 38.5 Å². The Hall–Kier alpha value is -2.20. The first kappa shape index (κ1) is 20.8. The van der Waals surface area contributed by atoms with E-state index in [-0.39, 0.29) is 23.4 Å².